The summed E-state index contributed by atoms with van der Waals surface area (Å²) >= 11 is 0. The van der Waals surface area contributed by atoms with Gasteiger partial charge in [0.05, 0.1) is 5.60 Å². The predicted molar refractivity (Wildman–Crippen MR) is 89.2 cm³/mol. The lowest BCUT2D eigenvalue weighted by Gasteiger charge is -2.52. The Bertz CT molecular complexity index is 333. The zero-order valence-corrected chi connectivity index (χ0v) is 14.3. The molecule has 0 aromatic carbocycles. The van der Waals surface area contributed by atoms with Crippen molar-refractivity contribution in [3.05, 3.63) is 0 Å². The van der Waals surface area contributed by atoms with Gasteiger partial charge in [0.2, 0.25) is 0 Å². The normalized spacial score (nSPS) is 46.4. The molecule has 3 rings (SSSR count). The molecule has 0 radical (unpaired) electrons. The molecular weight excluding hydrogens is 256 g/mol. The molecule has 122 valence electrons. The van der Waals surface area contributed by atoms with Crippen molar-refractivity contribution in [1.29, 1.82) is 0 Å². The average molecular weight is 293 g/mol. The van der Waals surface area contributed by atoms with Crippen LogP contribution in [0, 0.1) is 29.6 Å². The first-order valence-electron chi connectivity index (χ1n) is 9.83. The molecule has 3 fully saturated rings. The van der Waals surface area contributed by atoms with Gasteiger partial charge in [0.25, 0.3) is 0 Å². The standard InChI is InChI=1S/C20H36O/c1-15-11-12-18(14-16(15)2)20(21)13-7-6-10-19(20)17-8-4-3-5-9-17/h15-19,21H,3-14H2,1-2H3. The van der Waals surface area contributed by atoms with Crippen molar-refractivity contribution >= 4 is 0 Å². The molecule has 0 spiro atoms. The van der Waals surface area contributed by atoms with Gasteiger partial charge in [-0.15, -0.1) is 0 Å². The van der Waals surface area contributed by atoms with Crippen molar-refractivity contribution in [3.63, 3.8) is 0 Å². The first kappa shape index (κ1) is 15.8. The molecule has 0 aliphatic heterocycles. The molecule has 0 heterocycles. The van der Waals surface area contributed by atoms with Crippen LogP contribution in [0.25, 0.3) is 0 Å². The summed E-state index contributed by atoms with van der Waals surface area (Å²) in [5, 5.41) is 11.7. The molecule has 5 unspecified atom stereocenters. The predicted octanol–water partition coefficient (Wildman–Crippen LogP) is 5.56. The molecule has 1 N–H and O–H groups in total. The molecule has 0 bridgehead atoms. The lowest BCUT2D eigenvalue weighted by molar-refractivity contribution is -0.133. The van der Waals surface area contributed by atoms with Gasteiger partial charge < -0.3 is 5.11 Å². The van der Waals surface area contributed by atoms with Crippen molar-refractivity contribution in [1.82, 2.24) is 0 Å². The second-order valence-electron chi connectivity index (χ2n) is 8.71. The highest BCUT2D eigenvalue weighted by Crippen LogP contribution is 2.51. The third-order valence-electron chi connectivity index (χ3n) is 7.51. The van der Waals surface area contributed by atoms with Crippen LogP contribution in [0.4, 0.5) is 0 Å². The van der Waals surface area contributed by atoms with Crippen LogP contribution in [0.15, 0.2) is 0 Å². The lowest BCUT2D eigenvalue weighted by Crippen LogP contribution is -2.52. The Morgan fingerprint density at radius 1 is 0.762 bits per heavy atom. The van der Waals surface area contributed by atoms with Gasteiger partial charge in [-0.05, 0) is 55.3 Å². The van der Waals surface area contributed by atoms with Gasteiger partial charge in [-0.1, -0.05) is 65.2 Å². The first-order valence-corrected chi connectivity index (χ1v) is 9.83. The van der Waals surface area contributed by atoms with E-state index in [4.69, 9.17) is 0 Å². The third-order valence-corrected chi connectivity index (χ3v) is 7.51. The van der Waals surface area contributed by atoms with Crippen LogP contribution in [-0.2, 0) is 0 Å². The van der Waals surface area contributed by atoms with Gasteiger partial charge in [0, 0.05) is 0 Å². The van der Waals surface area contributed by atoms with E-state index < -0.39 is 0 Å². The zero-order valence-electron chi connectivity index (χ0n) is 14.3. The Kier molecular flexibility index (Phi) is 4.98. The van der Waals surface area contributed by atoms with Gasteiger partial charge in [0.15, 0.2) is 0 Å². The van der Waals surface area contributed by atoms with Crippen LogP contribution < -0.4 is 0 Å². The summed E-state index contributed by atoms with van der Waals surface area (Å²) in [6, 6.07) is 0. The van der Waals surface area contributed by atoms with Gasteiger partial charge in [-0.3, -0.25) is 0 Å². The van der Waals surface area contributed by atoms with Crippen molar-refractivity contribution < 1.29 is 5.11 Å². The number of hydrogen-bond donors (Lipinski definition) is 1. The van der Waals surface area contributed by atoms with Crippen LogP contribution in [0.2, 0.25) is 0 Å². The quantitative estimate of drug-likeness (QED) is 0.706. The molecule has 0 amide bonds. The topological polar surface area (TPSA) is 20.2 Å². The molecule has 3 saturated carbocycles. The minimum Gasteiger partial charge on any atom is -0.389 e. The fraction of sp³-hybridized carbons (Fsp3) is 1.00. The summed E-state index contributed by atoms with van der Waals surface area (Å²) in [4.78, 5) is 0. The molecule has 0 aromatic rings. The van der Waals surface area contributed by atoms with Crippen LogP contribution in [0.1, 0.15) is 90.9 Å². The third kappa shape index (κ3) is 3.19. The van der Waals surface area contributed by atoms with Crippen LogP contribution >= 0.6 is 0 Å². The summed E-state index contributed by atoms with van der Waals surface area (Å²) in [6.07, 6.45) is 16.0. The second-order valence-corrected chi connectivity index (χ2v) is 8.71. The highest BCUT2D eigenvalue weighted by Gasteiger charge is 2.49. The molecule has 1 heteroatoms. The second kappa shape index (κ2) is 6.60. The molecule has 0 saturated heterocycles. The van der Waals surface area contributed by atoms with Crippen LogP contribution in [-0.4, -0.2) is 10.7 Å². The fourth-order valence-corrected chi connectivity index (χ4v) is 5.90. The van der Waals surface area contributed by atoms with E-state index in [-0.39, 0.29) is 5.60 Å². The summed E-state index contributed by atoms with van der Waals surface area (Å²) in [5.41, 5.74) is -0.311. The molecule has 3 aliphatic rings. The zero-order chi connectivity index (χ0) is 14.9. The average Bonchev–Trinajstić information content (AvgIpc) is 2.51. The lowest BCUT2D eigenvalue weighted by atomic mass is 9.57. The van der Waals surface area contributed by atoms with Gasteiger partial charge in [-0.2, -0.15) is 0 Å². The Morgan fingerprint density at radius 2 is 1.48 bits per heavy atom. The van der Waals surface area contributed by atoms with E-state index in [1.807, 2.05) is 0 Å². The van der Waals surface area contributed by atoms with Gasteiger partial charge in [-0.25, -0.2) is 0 Å². The first-order chi connectivity index (χ1) is 10.1. The van der Waals surface area contributed by atoms with Crippen molar-refractivity contribution in [3.8, 4) is 0 Å². The van der Waals surface area contributed by atoms with E-state index in [0.29, 0.717) is 11.8 Å². The van der Waals surface area contributed by atoms with E-state index in [1.165, 1.54) is 70.6 Å². The van der Waals surface area contributed by atoms with E-state index in [0.717, 1.165) is 24.2 Å². The highest BCUT2D eigenvalue weighted by atomic mass is 16.3. The SMILES string of the molecule is CC1CCC(C2(O)CCCCC2C2CCCCC2)CC1C. The van der Waals surface area contributed by atoms with Gasteiger partial charge in [0.1, 0.15) is 0 Å². The van der Waals surface area contributed by atoms with Crippen molar-refractivity contribution in [2.45, 2.75) is 96.5 Å². The molecule has 0 aromatic heterocycles. The minimum atomic E-state index is -0.311. The van der Waals surface area contributed by atoms with E-state index in [9.17, 15) is 5.11 Å². The van der Waals surface area contributed by atoms with E-state index >= 15 is 0 Å². The molecule has 1 nitrogen and oxygen atoms in total. The maximum absolute atomic E-state index is 11.7. The largest absolute Gasteiger partial charge is 0.389 e. The Labute approximate surface area is 131 Å². The molecule has 3 aliphatic carbocycles. The van der Waals surface area contributed by atoms with Crippen molar-refractivity contribution in [2.24, 2.45) is 29.6 Å². The van der Waals surface area contributed by atoms with E-state index in [1.54, 1.807) is 0 Å². The Hall–Kier alpha value is -0.0400. The minimum absolute atomic E-state index is 0.311. The highest BCUT2D eigenvalue weighted by molar-refractivity contribution is 5.00. The molecule has 21 heavy (non-hydrogen) atoms. The monoisotopic (exact) mass is 292 g/mol. The number of rotatable bonds is 2. The summed E-state index contributed by atoms with van der Waals surface area (Å²) in [7, 11) is 0. The number of aliphatic hydroxyl groups is 1. The Balaban J connectivity index is 1.74. The summed E-state index contributed by atoms with van der Waals surface area (Å²) < 4.78 is 0. The van der Waals surface area contributed by atoms with Crippen molar-refractivity contribution in [2.75, 3.05) is 0 Å². The van der Waals surface area contributed by atoms with Crippen LogP contribution in [0.5, 0.6) is 0 Å². The summed E-state index contributed by atoms with van der Waals surface area (Å²) in [5.74, 6) is 3.72. The fourth-order valence-electron chi connectivity index (χ4n) is 5.90. The number of hydrogen-bond acceptors (Lipinski definition) is 1. The smallest absolute Gasteiger partial charge is 0.0706 e. The van der Waals surface area contributed by atoms with E-state index in [2.05, 4.69) is 13.8 Å². The molecular formula is C20H36O. The Morgan fingerprint density at radius 3 is 2.19 bits per heavy atom. The van der Waals surface area contributed by atoms with Crippen LogP contribution in [0.3, 0.4) is 0 Å². The maximum atomic E-state index is 11.7. The summed E-state index contributed by atoms with van der Waals surface area (Å²) in [6.45, 7) is 4.82. The molecule has 5 atom stereocenters. The maximum Gasteiger partial charge on any atom is 0.0706 e. The van der Waals surface area contributed by atoms with Gasteiger partial charge >= 0.3 is 0 Å².